The Labute approximate surface area is 151 Å². The van der Waals surface area contributed by atoms with Gasteiger partial charge in [-0.25, -0.2) is 0 Å². The Morgan fingerprint density at radius 3 is 2.56 bits per heavy atom. The van der Waals surface area contributed by atoms with E-state index in [2.05, 4.69) is 32.1 Å². The summed E-state index contributed by atoms with van der Waals surface area (Å²) in [6.45, 7) is 6.36. The van der Waals surface area contributed by atoms with E-state index in [1.807, 2.05) is 0 Å². The molecule has 0 aromatic rings. The molecule has 4 aliphatic carbocycles. The molecule has 3 fully saturated rings. The average Bonchev–Trinajstić information content (AvgIpc) is 3.19. The molecular formula is C22H29NO2. The number of allylic oxidation sites excluding steroid dienone is 3. The summed E-state index contributed by atoms with van der Waals surface area (Å²) in [5, 5.41) is 9.56. The van der Waals surface area contributed by atoms with Crippen LogP contribution in [0.15, 0.2) is 23.3 Å². The van der Waals surface area contributed by atoms with Crippen LogP contribution in [0, 0.1) is 39.9 Å². The summed E-state index contributed by atoms with van der Waals surface area (Å²) in [7, 11) is 0. The van der Waals surface area contributed by atoms with Gasteiger partial charge in [0.05, 0.1) is 19.3 Å². The summed E-state index contributed by atoms with van der Waals surface area (Å²) in [4.78, 5) is 0. The van der Waals surface area contributed by atoms with Crippen molar-refractivity contribution >= 4 is 0 Å². The number of ether oxygens (including phenoxy) is 2. The lowest BCUT2D eigenvalue weighted by Gasteiger charge is -2.58. The van der Waals surface area contributed by atoms with Crippen LogP contribution in [0.25, 0.3) is 0 Å². The van der Waals surface area contributed by atoms with Gasteiger partial charge in [0.2, 0.25) is 0 Å². The van der Waals surface area contributed by atoms with Gasteiger partial charge < -0.3 is 9.47 Å². The minimum atomic E-state index is -0.315. The van der Waals surface area contributed by atoms with Gasteiger partial charge in [-0.15, -0.1) is 0 Å². The van der Waals surface area contributed by atoms with Gasteiger partial charge in [0.15, 0.2) is 5.79 Å². The molecule has 5 atom stereocenters. The van der Waals surface area contributed by atoms with E-state index in [4.69, 9.17) is 9.47 Å². The predicted octanol–water partition coefficient (Wildman–Crippen LogP) is 4.75. The molecule has 5 rings (SSSR count). The van der Waals surface area contributed by atoms with Crippen LogP contribution < -0.4 is 0 Å². The molecule has 0 radical (unpaired) electrons. The first-order valence-corrected chi connectivity index (χ1v) is 10.1. The third kappa shape index (κ3) is 2.04. The summed E-state index contributed by atoms with van der Waals surface area (Å²) in [5.74, 6) is 1.83. The van der Waals surface area contributed by atoms with E-state index in [9.17, 15) is 5.26 Å². The first kappa shape index (κ1) is 16.1. The summed E-state index contributed by atoms with van der Waals surface area (Å²) in [6.07, 6.45) is 12.7. The van der Waals surface area contributed by atoms with Crippen molar-refractivity contribution in [3.05, 3.63) is 23.3 Å². The maximum Gasteiger partial charge on any atom is 0.172 e. The molecule has 0 aromatic heterocycles. The van der Waals surface area contributed by atoms with Gasteiger partial charge in [-0.1, -0.05) is 31.6 Å². The molecule has 0 aromatic carbocycles. The minimum absolute atomic E-state index is 0.130. The Hall–Kier alpha value is -1.11. The maximum absolute atomic E-state index is 9.56. The average molecular weight is 339 g/mol. The highest BCUT2D eigenvalue weighted by molar-refractivity contribution is 5.37. The van der Waals surface area contributed by atoms with Gasteiger partial charge in [-0.2, -0.15) is 5.26 Å². The molecule has 0 N–H and O–H groups in total. The van der Waals surface area contributed by atoms with Crippen molar-refractivity contribution in [2.75, 3.05) is 13.2 Å². The number of hydrogen-bond donors (Lipinski definition) is 0. The highest BCUT2D eigenvalue weighted by Crippen LogP contribution is 2.65. The standard InChI is InChI=1S/C22H29NO2/c1-20-8-7-19-17(18(20)6-4-16(20)14-23)5-3-15-13-22(24-11-12-25-22)10-9-21(15,19)2/h3-4,17-19H,5-13H2,1-2H3/t17-,18+,19+,20+,21-/m0/s1. The molecular weight excluding hydrogens is 310 g/mol. The smallest absolute Gasteiger partial charge is 0.172 e. The van der Waals surface area contributed by atoms with Crippen LogP contribution in [0.5, 0.6) is 0 Å². The second-order valence-corrected chi connectivity index (χ2v) is 9.47. The molecule has 1 saturated heterocycles. The largest absolute Gasteiger partial charge is 0.347 e. The molecule has 25 heavy (non-hydrogen) atoms. The third-order valence-corrected chi connectivity index (χ3v) is 8.63. The Balaban J connectivity index is 1.46. The van der Waals surface area contributed by atoms with E-state index in [-0.39, 0.29) is 11.2 Å². The van der Waals surface area contributed by atoms with Crippen LogP contribution in [0.1, 0.15) is 58.8 Å². The lowest BCUT2D eigenvalue weighted by Crippen LogP contribution is -2.52. The topological polar surface area (TPSA) is 42.2 Å². The summed E-state index contributed by atoms with van der Waals surface area (Å²) < 4.78 is 12.0. The highest BCUT2D eigenvalue weighted by Gasteiger charge is 2.58. The summed E-state index contributed by atoms with van der Waals surface area (Å²) in [5.41, 5.74) is 3.09. The second-order valence-electron chi connectivity index (χ2n) is 9.47. The molecule has 0 unspecified atom stereocenters. The van der Waals surface area contributed by atoms with Crippen molar-refractivity contribution < 1.29 is 9.47 Å². The zero-order chi connectivity index (χ0) is 17.3. The van der Waals surface area contributed by atoms with Gasteiger partial charge >= 0.3 is 0 Å². The molecule has 1 heterocycles. The first-order valence-electron chi connectivity index (χ1n) is 10.1. The van der Waals surface area contributed by atoms with E-state index in [1.165, 1.54) is 25.7 Å². The number of hydrogen-bond acceptors (Lipinski definition) is 3. The van der Waals surface area contributed by atoms with Crippen molar-refractivity contribution in [1.29, 1.82) is 5.26 Å². The molecule has 134 valence electrons. The monoisotopic (exact) mass is 339 g/mol. The predicted molar refractivity (Wildman–Crippen MR) is 95.4 cm³/mol. The van der Waals surface area contributed by atoms with Crippen LogP contribution in [0.4, 0.5) is 0 Å². The van der Waals surface area contributed by atoms with Crippen molar-refractivity contribution in [2.24, 2.45) is 28.6 Å². The molecule has 0 bridgehead atoms. The normalized spacial score (nSPS) is 47.3. The molecule has 0 amide bonds. The fourth-order valence-electron chi connectivity index (χ4n) is 7.09. The first-order chi connectivity index (χ1) is 12.0. The quantitative estimate of drug-likeness (QED) is 0.598. The van der Waals surface area contributed by atoms with Crippen molar-refractivity contribution in [2.45, 2.75) is 64.6 Å². The Bertz CT molecular complexity index is 695. The van der Waals surface area contributed by atoms with Crippen LogP contribution in [0.3, 0.4) is 0 Å². The minimum Gasteiger partial charge on any atom is -0.347 e. The van der Waals surface area contributed by atoms with Crippen molar-refractivity contribution in [3.8, 4) is 6.07 Å². The Morgan fingerprint density at radius 2 is 1.80 bits per heavy atom. The van der Waals surface area contributed by atoms with E-state index in [0.29, 0.717) is 11.3 Å². The number of rotatable bonds is 0. The maximum atomic E-state index is 9.56. The zero-order valence-electron chi connectivity index (χ0n) is 15.5. The number of fused-ring (bicyclic) bond motifs is 5. The van der Waals surface area contributed by atoms with Crippen LogP contribution >= 0.6 is 0 Å². The SMILES string of the molecule is C[C@]12CCC3(CC1=CC[C@@H]1[C@H]2CC[C@]2(C)C(C#N)=CC[C@H]12)OCCO3. The lowest BCUT2D eigenvalue weighted by molar-refractivity contribution is -0.184. The van der Waals surface area contributed by atoms with E-state index in [1.54, 1.807) is 5.57 Å². The Morgan fingerprint density at radius 1 is 1.00 bits per heavy atom. The molecule has 1 aliphatic heterocycles. The fraction of sp³-hybridized carbons (Fsp3) is 0.773. The molecule has 3 nitrogen and oxygen atoms in total. The lowest BCUT2D eigenvalue weighted by atomic mass is 9.47. The van der Waals surface area contributed by atoms with E-state index < -0.39 is 0 Å². The zero-order valence-corrected chi connectivity index (χ0v) is 15.5. The van der Waals surface area contributed by atoms with Crippen LogP contribution in [-0.4, -0.2) is 19.0 Å². The third-order valence-electron chi connectivity index (χ3n) is 8.63. The van der Waals surface area contributed by atoms with Crippen LogP contribution in [-0.2, 0) is 9.47 Å². The second kappa shape index (κ2) is 5.21. The molecule has 3 heteroatoms. The van der Waals surface area contributed by atoms with E-state index >= 15 is 0 Å². The van der Waals surface area contributed by atoms with Gasteiger partial charge in [0.1, 0.15) is 0 Å². The molecule has 2 saturated carbocycles. The van der Waals surface area contributed by atoms with Crippen LogP contribution in [0.2, 0.25) is 0 Å². The fourth-order valence-corrected chi connectivity index (χ4v) is 7.09. The van der Waals surface area contributed by atoms with Gasteiger partial charge in [0.25, 0.3) is 0 Å². The van der Waals surface area contributed by atoms with Crippen molar-refractivity contribution in [3.63, 3.8) is 0 Å². The Kier molecular flexibility index (Phi) is 3.35. The molecule has 1 spiro atoms. The van der Waals surface area contributed by atoms with Gasteiger partial charge in [0, 0.05) is 23.8 Å². The summed E-state index contributed by atoms with van der Waals surface area (Å²) in [6, 6.07) is 2.51. The molecule has 5 aliphatic rings. The van der Waals surface area contributed by atoms with Crippen molar-refractivity contribution in [1.82, 2.24) is 0 Å². The summed E-state index contributed by atoms with van der Waals surface area (Å²) >= 11 is 0. The number of nitrogens with zero attached hydrogens (tertiary/aromatic N) is 1. The van der Waals surface area contributed by atoms with Gasteiger partial charge in [-0.05, 0) is 55.3 Å². The highest BCUT2D eigenvalue weighted by atomic mass is 16.7. The van der Waals surface area contributed by atoms with Gasteiger partial charge in [-0.3, -0.25) is 0 Å². The van der Waals surface area contributed by atoms with E-state index in [0.717, 1.165) is 49.9 Å². The number of nitriles is 1.